The molecule has 4 nitrogen and oxygen atoms in total. The number of ether oxygens (including phenoxy) is 2. The summed E-state index contributed by atoms with van der Waals surface area (Å²) in [6, 6.07) is 16.7. The van der Waals surface area contributed by atoms with E-state index in [1.54, 1.807) is 58.0 Å². The van der Waals surface area contributed by atoms with Crippen LogP contribution in [0.2, 0.25) is 0 Å². The SMILES string of the molecule is CC(=O)c1ccc(Oc2c(C)cc(F)cc2C)c(-c2cc(Oc3c(C)cc(F)cc3C)c[c]c2C(C)=O)c1. The second-order valence-electron chi connectivity index (χ2n) is 9.39. The molecule has 0 N–H and O–H groups in total. The standard InChI is InChI=1S/C32H27F2O4/c1-17-11-24(33)12-18(2)31(17)37-26-8-9-27(22(6)36)28(16-26)29-15-23(21(5)35)7-10-30(29)38-32-19(3)13-25(34)14-20(32)4/h7-8,10-16H,1-6H3. The van der Waals surface area contributed by atoms with Gasteiger partial charge in [-0.05, 0) is 124 Å². The first kappa shape index (κ1) is 26.7. The molecule has 0 bridgehead atoms. The predicted octanol–water partition coefficient (Wildman–Crippen LogP) is 8.66. The maximum absolute atomic E-state index is 13.9. The molecule has 0 fully saturated rings. The second kappa shape index (κ2) is 10.6. The maximum atomic E-state index is 13.9. The van der Waals surface area contributed by atoms with Gasteiger partial charge in [-0.15, -0.1) is 0 Å². The molecule has 0 saturated carbocycles. The van der Waals surface area contributed by atoms with Gasteiger partial charge in [0.05, 0.1) is 0 Å². The number of carbonyl (C=O) groups is 2. The summed E-state index contributed by atoms with van der Waals surface area (Å²) in [4.78, 5) is 24.9. The van der Waals surface area contributed by atoms with Crippen LogP contribution in [0.4, 0.5) is 8.78 Å². The topological polar surface area (TPSA) is 52.6 Å². The average Bonchev–Trinajstić information content (AvgIpc) is 2.83. The summed E-state index contributed by atoms with van der Waals surface area (Å²) in [7, 11) is 0. The van der Waals surface area contributed by atoms with Crippen molar-refractivity contribution in [3.05, 3.63) is 106 Å². The van der Waals surface area contributed by atoms with Gasteiger partial charge in [0.2, 0.25) is 0 Å². The van der Waals surface area contributed by atoms with Crippen molar-refractivity contribution in [2.24, 2.45) is 0 Å². The Morgan fingerprint density at radius 2 is 1.21 bits per heavy atom. The van der Waals surface area contributed by atoms with Crippen LogP contribution < -0.4 is 9.47 Å². The van der Waals surface area contributed by atoms with Crippen LogP contribution in [0, 0.1) is 45.4 Å². The molecule has 0 aliphatic rings. The van der Waals surface area contributed by atoms with Gasteiger partial charge in [0.25, 0.3) is 0 Å². The number of ketones is 2. The Morgan fingerprint density at radius 1 is 0.684 bits per heavy atom. The molecular weight excluding hydrogens is 486 g/mol. The molecule has 0 aliphatic carbocycles. The van der Waals surface area contributed by atoms with Crippen LogP contribution >= 0.6 is 0 Å². The molecular formula is C32H27F2O4. The van der Waals surface area contributed by atoms with Crippen molar-refractivity contribution in [1.29, 1.82) is 0 Å². The summed E-state index contributed by atoms with van der Waals surface area (Å²) in [6.45, 7) is 9.85. The lowest BCUT2D eigenvalue weighted by molar-refractivity contribution is 0.101. The molecule has 6 heteroatoms. The first-order chi connectivity index (χ1) is 17.9. The summed E-state index contributed by atoms with van der Waals surface area (Å²) in [5.41, 5.74) is 4.05. The van der Waals surface area contributed by atoms with E-state index in [1.807, 2.05) is 0 Å². The van der Waals surface area contributed by atoms with E-state index in [4.69, 9.17) is 9.47 Å². The van der Waals surface area contributed by atoms with E-state index in [0.717, 1.165) is 0 Å². The lowest BCUT2D eigenvalue weighted by Gasteiger charge is -2.18. The molecule has 0 atom stereocenters. The van der Waals surface area contributed by atoms with Gasteiger partial charge in [-0.25, -0.2) is 8.78 Å². The van der Waals surface area contributed by atoms with Crippen molar-refractivity contribution >= 4 is 11.6 Å². The zero-order valence-electron chi connectivity index (χ0n) is 22.1. The number of hydrogen-bond acceptors (Lipinski definition) is 4. The highest BCUT2D eigenvalue weighted by Gasteiger charge is 2.20. The minimum atomic E-state index is -0.371. The quantitative estimate of drug-likeness (QED) is 0.232. The number of benzene rings is 4. The Bertz CT molecular complexity index is 1540. The molecule has 4 aromatic rings. The van der Waals surface area contributed by atoms with E-state index in [1.165, 1.54) is 38.1 Å². The summed E-state index contributed by atoms with van der Waals surface area (Å²) in [6.07, 6.45) is 0. The molecule has 0 aliphatic heterocycles. The monoisotopic (exact) mass is 513 g/mol. The minimum absolute atomic E-state index is 0.162. The van der Waals surface area contributed by atoms with E-state index in [9.17, 15) is 18.4 Å². The highest BCUT2D eigenvalue weighted by atomic mass is 19.1. The lowest BCUT2D eigenvalue weighted by Crippen LogP contribution is -2.02. The maximum Gasteiger partial charge on any atom is 0.161 e. The van der Waals surface area contributed by atoms with Crippen LogP contribution in [0.3, 0.4) is 0 Å². The smallest absolute Gasteiger partial charge is 0.161 e. The lowest BCUT2D eigenvalue weighted by atomic mass is 9.94. The number of rotatable bonds is 7. The Hall–Kier alpha value is -4.32. The van der Waals surface area contributed by atoms with Crippen molar-refractivity contribution in [2.75, 3.05) is 0 Å². The third kappa shape index (κ3) is 5.49. The largest absolute Gasteiger partial charge is 0.457 e. The number of hydrogen-bond donors (Lipinski definition) is 0. The Balaban J connectivity index is 1.90. The fraction of sp³-hybridized carbons (Fsp3) is 0.188. The van der Waals surface area contributed by atoms with Gasteiger partial charge in [-0.1, -0.05) is 0 Å². The van der Waals surface area contributed by atoms with Gasteiger partial charge in [0, 0.05) is 22.3 Å². The van der Waals surface area contributed by atoms with Gasteiger partial charge < -0.3 is 9.47 Å². The number of carbonyl (C=O) groups excluding carboxylic acids is 2. The Kier molecular flexibility index (Phi) is 7.44. The highest BCUT2D eigenvalue weighted by molar-refractivity contribution is 6.03. The molecule has 0 spiro atoms. The first-order valence-corrected chi connectivity index (χ1v) is 12.1. The molecule has 193 valence electrons. The molecule has 0 unspecified atom stereocenters. The normalized spacial score (nSPS) is 10.8. The molecule has 0 heterocycles. The number of Topliss-reactive ketones (excluding diaryl/α,β-unsaturated/α-hetero) is 2. The van der Waals surface area contributed by atoms with Crippen molar-refractivity contribution in [1.82, 2.24) is 0 Å². The Morgan fingerprint density at radius 3 is 1.71 bits per heavy atom. The zero-order chi connectivity index (χ0) is 27.7. The van der Waals surface area contributed by atoms with E-state index in [0.29, 0.717) is 61.9 Å². The molecule has 38 heavy (non-hydrogen) atoms. The highest BCUT2D eigenvalue weighted by Crippen LogP contribution is 2.41. The summed E-state index contributed by atoms with van der Waals surface area (Å²) < 4.78 is 40.1. The molecule has 4 aromatic carbocycles. The first-order valence-electron chi connectivity index (χ1n) is 12.1. The van der Waals surface area contributed by atoms with Crippen molar-refractivity contribution < 1.29 is 27.8 Å². The molecule has 1 radical (unpaired) electrons. The van der Waals surface area contributed by atoms with Crippen LogP contribution in [0.25, 0.3) is 11.1 Å². The summed E-state index contributed by atoms with van der Waals surface area (Å²) in [5.74, 6) is 0.574. The number of aryl methyl sites for hydroxylation is 4. The fourth-order valence-corrected chi connectivity index (χ4v) is 4.43. The minimum Gasteiger partial charge on any atom is -0.457 e. The molecule has 0 amide bonds. The molecule has 0 aromatic heterocycles. The predicted molar refractivity (Wildman–Crippen MR) is 143 cm³/mol. The van der Waals surface area contributed by atoms with Crippen molar-refractivity contribution in [2.45, 2.75) is 41.5 Å². The molecule has 0 saturated heterocycles. The van der Waals surface area contributed by atoms with Crippen molar-refractivity contribution in [3.8, 4) is 34.1 Å². The van der Waals surface area contributed by atoms with Gasteiger partial charge in [0.15, 0.2) is 11.6 Å². The van der Waals surface area contributed by atoms with E-state index >= 15 is 0 Å². The van der Waals surface area contributed by atoms with Crippen molar-refractivity contribution in [3.63, 3.8) is 0 Å². The van der Waals surface area contributed by atoms with Crippen LogP contribution in [-0.4, -0.2) is 11.6 Å². The summed E-state index contributed by atoms with van der Waals surface area (Å²) >= 11 is 0. The van der Waals surface area contributed by atoms with Crippen LogP contribution in [0.15, 0.2) is 54.6 Å². The third-order valence-corrected chi connectivity index (χ3v) is 6.23. The summed E-state index contributed by atoms with van der Waals surface area (Å²) in [5, 5.41) is 0. The Labute approximate surface area is 220 Å². The van der Waals surface area contributed by atoms with Crippen LogP contribution in [0.1, 0.15) is 56.8 Å². The zero-order valence-corrected chi connectivity index (χ0v) is 22.1. The second-order valence-corrected chi connectivity index (χ2v) is 9.39. The molecule has 4 rings (SSSR count). The van der Waals surface area contributed by atoms with Crippen LogP contribution in [0.5, 0.6) is 23.0 Å². The van der Waals surface area contributed by atoms with Gasteiger partial charge in [-0.3, -0.25) is 9.59 Å². The fourth-order valence-electron chi connectivity index (χ4n) is 4.43. The van der Waals surface area contributed by atoms with E-state index in [-0.39, 0.29) is 28.8 Å². The van der Waals surface area contributed by atoms with E-state index < -0.39 is 0 Å². The number of halogens is 2. The average molecular weight is 514 g/mol. The van der Waals surface area contributed by atoms with Gasteiger partial charge in [0.1, 0.15) is 34.6 Å². The third-order valence-electron chi connectivity index (χ3n) is 6.23. The van der Waals surface area contributed by atoms with Gasteiger partial charge >= 0.3 is 0 Å². The van der Waals surface area contributed by atoms with Crippen LogP contribution in [-0.2, 0) is 0 Å². The van der Waals surface area contributed by atoms with Gasteiger partial charge in [-0.2, -0.15) is 0 Å². The van der Waals surface area contributed by atoms with E-state index in [2.05, 4.69) is 6.07 Å².